The van der Waals surface area contributed by atoms with Crippen molar-refractivity contribution in [2.24, 2.45) is 5.92 Å². The van der Waals surface area contributed by atoms with Gasteiger partial charge in [0, 0.05) is 12.5 Å². The molecule has 0 aromatic heterocycles. The molecule has 1 fully saturated rings. The quantitative estimate of drug-likeness (QED) is 0.547. The van der Waals surface area contributed by atoms with Crippen LogP contribution >= 0.6 is 0 Å². The maximum atomic E-state index is 11.1. The fourth-order valence-electron chi connectivity index (χ4n) is 1.88. The zero-order valence-corrected chi connectivity index (χ0v) is 14.7. The van der Waals surface area contributed by atoms with E-state index in [1.165, 1.54) is 0 Å². The molecule has 0 saturated carbocycles. The average molecular weight is 360 g/mol. The summed E-state index contributed by atoms with van der Waals surface area (Å²) in [5.41, 5.74) is 0. The van der Waals surface area contributed by atoms with Gasteiger partial charge in [-0.1, -0.05) is 6.92 Å². The van der Waals surface area contributed by atoms with Crippen LogP contribution in [0.5, 0.6) is 0 Å². The molecule has 0 aromatic carbocycles. The Morgan fingerprint density at radius 2 is 1.64 bits per heavy atom. The predicted octanol–water partition coefficient (Wildman–Crippen LogP) is 0.487. The summed E-state index contributed by atoms with van der Waals surface area (Å²) in [5, 5.41) is 0. The molecule has 8 nitrogen and oxygen atoms in total. The molecule has 1 rings (SSSR count). The molecule has 1 unspecified atom stereocenters. The SMILES string of the molecule is C[C@H](COS(C)(=O)=O)[C@H](COS(C)(=O)=O)OC1CCCCO1. The van der Waals surface area contributed by atoms with E-state index in [0.29, 0.717) is 13.0 Å². The van der Waals surface area contributed by atoms with E-state index in [2.05, 4.69) is 0 Å². The second kappa shape index (κ2) is 8.55. The average Bonchev–Trinajstić information content (AvgIpc) is 2.40. The number of hydrogen-bond acceptors (Lipinski definition) is 8. The first-order valence-electron chi connectivity index (χ1n) is 7.03. The summed E-state index contributed by atoms with van der Waals surface area (Å²) in [6, 6.07) is 0. The van der Waals surface area contributed by atoms with Crippen LogP contribution in [0.4, 0.5) is 0 Å². The summed E-state index contributed by atoms with van der Waals surface area (Å²) in [6.07, 6.45) is 3.42. The number of hydrogen-bond donors (Lipinski definition) is 0. The Morgan fingerprint density at radius 3 is 2.14 bits per heavy atom. The van der Waals surface area contributed by atoms with Crippen molar-refractivity contribution in [1.82, 2.24) is 0 Å². The Labute approximate surface area is 132 Å². The minimum Gasteiger partial charge on any atom is -0.353 e. The van der Waals surface area contributed by atoms with E-state index in [0.717, 1.165) is 25.4 Å². The summed E-state index contributed by atoms with van der Waals surface area (Å²) in [7, 11) is -7.19. The number of rotatable bonds is 9. The highest BCUT2D eigenvalue weighted by molar-refractivity contribution is 7.86. The number of ether oxygens (including phenoxy) is 2. The van der Waals surface area contributed by atoms with E-state index >= 15 is 0 Å². The second-order valence-corrected chi connectivity index (χ2v) is 8.71. The predicted molar refractivity (Wildman–Crippen MR) is 79.2 cm³/mol. The van der Waals surface area contributed by atoms with E-state index in [-0.39, 0.29) is 19.1 Å². The molecule has 22 heavy (non-hydrogen) atoms. The van der Waals surface area contributed by atoms with Crippen LogP contribution in [-0.2, 0) is 38.1 Å². The normalized spacial score (nSPS) is 23.1. The van der Waals surface area contributed by atoms with Crippen molar-refractivity contribution in [1.29, 1.82) is 0 Å². The zero-order chi connectivity index (χ0) is 16.8. The van der Waals surface area contributed by atoms with Gasteiger partial charge in [-0.05, 0) is 19.3 Å². The van der Waals surface area contributed by atoms with Crippen LogP contribution in [0.15, 0.2) is 0 Å². The van der Waals surface area contributed by atoms with Crippen molar-refractivity contribution < 1.29 is 34.7 Å². The topological polar surface area (TPSA) is 105 Å². The Balaban J connectivity index is 2.62. The van der Waals surface area contributed by atoms with Crippen LogP contribution in [-0.4, -0.2) is 61.6 Å². The van der Waals surface area contributed by atoms with Crippen molar-refractivity contribution >= 4 is 20.2 Å². The molecule has 3 atom stereocenters. The maximum Gasteiger partial charge on any atom is 0.264 e. The van der Waals surface area contributed by atoms with Gasteiger partial charge in [-0.15, -0.1) is 0 Å². The molecule has 0 aliphatic carbocycles. The molecule has 0 spiro atoms. The summed E-state index contributed by atoms with van der Waals surface area (Å²) in [4.78, 5) is 0. The maximum absolute atomic E-state index is 11.1. The van der Waals surface area contributed by atoms with Crippen molar-refractivity contribution in [3.8, 4) is 0 Å². The van der Waals surface area contributed by atoms with Crippen molar-refractivity contribution in [2.45, 2.75) is 38.6 Å². The van der Waals surface area contributed by atoms with Crippen molar-refractivity contribution in [3.05, 3.63) is 0 Å². The molecule has 0 bridgehead atoms. The molecule has 0 aromatic rings. The Bertz CT molecular complexity index is 521. The first kappa shape index (κ1) is 19.8. The highest BCUT2D eigenvalue weighted by Gasteiger charge is 2.27. The third-order valence-electron chi connectivity index (χ3n) is 3.09. The monoisotopic (exact) mass is 360 g/mol. The molecular formula is C12H24O8S2. The highest BCUT2D eigenvalue weighted by Crippen LogP contribution is 2.20. The third-order valence-corrected chi connectivity index (χ3v) is 4.22. The van der Waals surface area contributed by atoms with Crippen LogP contribution in [0.3, 0.4) is 0 Å². The molecule has 1 aliphatic heterocycles. The smallest absolute Gasteiger partial charge is 0.264 e. The summed E-state index contributed by atoms with van der Waals surface area (Å²) in [6.45, 7) is 1.94. The van der Waals surface area contributed by atoms with E-state index in [1.54, 1.807) is 6.92 Å². The van der Waals surface area contributed by atoms with Crippen LogP contribution in [0.25, 0.3) is 0 Å². The first-order chi connectivity index (χ1) is 10.1. The lowest BCUT2D eigenvalue weighted by atomic mass is 10.1. The highest BCUT2D eigenvalue weighted by atomic mass is 32.2. The molecule has 0 N–H and O–H groups in total. The zero-order valence-electron chi connectivity index (χ0n) is 13.1. The minimum absolute atomic E-state index is 0.122. The van der Waals surface area contributed by atoms with Crippen molar-refractivity contribution in [3.63, 3.8) is 0 Å². The van der Waals surface area contributed by atoms with E-state index < -0.39 is 32.6 Å². The molecule has 0 radical (unpaired) electrons. The van der Waals surface area contributed by atoms with Gasteiger partial charge in [0.05, 0.1) is 31.8 Å². The minimum atomic E-state index is -3.62. The molecule has 132 valence electrons. The Hall–Kier alpha value is -0.260. The lowest BCUT2D eigenvalue weighted by Gasteiger charge is -2.30. The summed E-state index contributed by atoms with van der Waals surface area (Å²) >= 11 is 0. The van der Waals surface area contributed by atoms with Crippen LogP contribution in [0.2, 0.25) is 0 Å². The first-order valence-corrected chi connectivity index (χ1v) is 10.7. The lowest BCUT2D eigenvalue weighted by Crippen LogP contribution is -2.37. The van der Waals surface area contributed by atoms with Crippen LogP contribution in [0.1, 0.15) is 26.2 Å². The molecule has 1 saturated heterocycles. The molecule has 10 heteroatoms. The van der Waals surface area contributed by atoms with Gasteiger partial charge in [0.25, 0.3) is 20.2 Å². The Kier molecular flexibility index (Phi) is 7.69. The summed E-state index contributed by atoms with van der Waals surface area (Å²) in [5.74, 6) is -0.387. The molecule has 1 aliphatic rings. The van der Waals surface area contributed by atoms with E-state index in [1.807, 2.05) is 0 Å². The fraction of sp³-hybridized carbons (Fsp3) is 1.00. The van der Waals surface area contributed by atoms with Gasteiger partial charge in [0.15, 0.2) is 6.29 Å². The summed E-state index contributed by atoms with van der Waals surface area (Å²) < 4.78 is 65.1. The van der Waals surface area contributed by atoms with Crippen LogP contribution < -0.4 is 0 Å². The van der Waals surface area contributed by atoms with Gasteiger partial charge in [-0.25, -0.2) is 0 Å². The van der Waals surface area contributed by atoms with Gasteiger partial charge < -0.3 is 9.47 Å². The largest absolute Gasteiger partial charge is 0.353 e. The van der Waals surface area contributed by atoms with Gasteiger partial charge in [0.2, 0.25) is 0 Å². The van der Waals surface area contributed by atoms with Gasteiger partial charge in [-0.2, -0.15) is 16.8 Å². The Morgan fingerprint density at radius 1 is 1.05 bits per heavy atom. The third kappa shape index (κ3) is 9.01. The standard InChI is InChI=1S/C12H24O8S2/c1-10(8-18-21(2,13)14)11(9-19-22(3,15)16)20-12-6-4-5-7-17-12/h10-12H,4-9H2,1-3H3/t10-,11+,12?/m1/s1. The molecule has 0 amide bonds. The van der Waals surface area contributed by atoms with E-state index in [4.69, 9.17) is 17.8 Å². The van der Waals surface area contributed by atoms with E-state index in [9.17, 15) is 16.8 Å². The van der Waals surface area contributed by atoms with Gasteiger partial charge >= 0.3 is 0 Å². The van der Waals surface area contributed by atoms with Gasteiger partial charge in [0.1, 0.15) is 0 Å². The molecular weight excluding hydrogens is 336 g/mol. The lowest BCUT2D eigenvalue weighted by molar-refractivity contribution is -0.204. The second-order valence-electron chi connectivity index (χ2n) is 5.43. The van der Waals surface area contributed by atoms with Gasteiger partial charge in [-0.3, -0.25) is 8.37 Å². The fourth-order valence-corrected chi connectivity index (χ4v) is 2.72. The molecule has 1 heterocycles. The van der Waals surface area contributed by atoms with Crippen LogP contribution in [0, 0.1) is 5.92 Å². The van der Waals surface area contributed by atoms with Crippen molar-refractivity contribution in [2.75, 3.05) is 32.3 Å².